The molecule has 2 nitrogen and oxygen atoms in total. The van der Waals surface area contributed by atoms with Crippen LogP contribution in [0.15, 0.2) is 36.6 Å². The first kappa shape index (κ1) is 6.93. The SMILES string of the molecule is C=C1O/C(=C/C)C(=C)N1C. The molecule has 0 aromatic carbocycles. The molecule has 1 rings (SSSR count). The summed E-state index contributed by atoms with van der Waals surface area (Å²) in [5, 5.41) is 0. The smallest absolute Gasteiger partial charge is 0.193 e. The van der Waals surface area contributed by atoms with E-state index in [2.05, 4.69) is 13.2 Å². The van der Waals surface area contributed by atoms with E-state index in [0.29, 0.717) is 5.88 Å². The van der Waals surface area contributed by atoms with E-state index in [-0.39, 0.29) is 0 Å². The minimum Gasteiger partial charge on any atom is -0.440 e. The summed E-state index contributed by atoms with van der Waals surface area (Å²) in [6.45, 7) is 9.41. The number of rotatable bonds is 0. The van der Waals surface area contributed by atoms with Gasteiger partial charge in [0.25, 0.3) is 0 Å². The van der Waals surface area contributed by atoms with Crippen molar-refractivity contribution in [3.63, 3.8) is 0 Å². The van der Waals surface area contributed by atoms with Crippen LogP contribution in [0.2, 0.25) is 0 Å². The molecule has 0 radical (unpaired) electrons. The van der Waals surface area contributed by atoms with Gasteiger partial charge in [-0.1, -0.05) is 6.58 Å². The fourth-order valence-corrected chi connectivity index (χ4v) is 0.796. The Bertz CT molecular complexity index is 215. The van der Waals surface area contributed by atoms with Gasteiger partial charge in [0.2, 0.25) is 0 Å². The maximum absolute atomic E-state index is 5.23. The molecule has 0 saturated carbocycles. The first-order valence-electron chi connectivity index (χ1n) is 3.13. The summed E-state index contributed by atoms with van der Waals surface area (Å²) in [5.41, 5.74) is 0.868. The van der Waals surface area contributed by atoms with E-state index in [1.165, 1.54) is 0 Å². The maximum atomic E-state index is 5.23. The second-order valence-corrected chi connectivity index (χ2v) is 2.15. The maximum Gasteiger partial charge on any atom is 0.193 e. The Labute approximate surface area is 61.1 Å². The fraction of sp³-hybridized carbons (Fsp3) is 0.250. The van der Waals surface area contributed by atoms with Gasteiger partial charge in [-0.2, -0.15) is 0 Å². The summed E-state index contributed by atoms with van der Waals surface area (Å²) in [7, 11) is 1.88. The third-order valence-electron chi connectivity index (χ3n) is 1.55. The van der Waals surface area contributed by atoms with Crippen LogP contribution in [0, 0.1) is 0 Å². The van der Waals surface area contributed by atoms with Gasteiger partial charge in [0.1, 0.15) is 5.76 Å². The lowest BCUT2D eigenvalue weighted by molar-refractivity contribution is 0.295. The van der Waals surface area contributed by atoms with E-state index in [1.807, 2.05) is 24.9 Å². The molecule has 10 heavy (non-hydrogen) atoms. The lowest BCUT2D eigenvalue weighted by Crippen LogP contribution is -2.06. The Morgan fingerprint density at radius 1 is 1.50 bits per heavy atom. The Hall–Kier alpha value is -1.18. The predicted molar refractivity (Wildman–Crippen MR) is 40.9 cm³/mol. The summed E-state index contributed by atoms with van der Waals surface area (Å²) in [6.07, 6.45) is 1.87. The monoisotopic (exact) mass is 137 g/mol. The number of likely N-dealkylation sites (N-methyl/N-ethyl adjacent to an activating group) is 1. The van der Waals surface area contributed by atoms with Crippen LogP contribution in [0.1, 0.15) is 6.92 Å². The van der Waals surface area contributed by atoms with Gasteiger partial charge in [-0.25, -0.2) is 0 Å². The van der Waals surface area contributed by atoms with Crippen molar-refractivity contribution in [2.45, 2.75) is 6.92 Å². The quantitative estimate of drug-likeness (QED) is 0.505. The highest BCUT2D eigenvalue weighted by Gasteiger charge is 2.21. The second kappa shape index (κ2) is 2.21. The third kappa shape index (κ3) is 0.817. The largest absolute Gasteiger partial charge is 0.440 e. The van der Waals surface area contributed by atoms with Gasteiger partial charge in [0, 0.05) is 7.05 Å². The third-order valence-corrected chi connectivity index (χ3v) is 1.55. The van der Waals surface area contributed by atoms with Crippen molar-refractivity contribution in [2.24, 2.45) is 0 Å². The van der Waals surface area contributed by atoms with Gasteiger partial charge in [0.05, 0.1) is 5.70 Å². The van der Waals surface area contributed by atoms with E-state index in [1.54, 1.807) is 0 Å². The lowest BCUT2D eigenvalue weighted by atomic mass is 10.4. The van der Waals surface area contributed by atoms with E-state index >= 15 is 0 Å². The highest BCUT2D eigenvalue weighted by molar-refractivity contribution is 5.29. The Balaban J connectivity index is 2.92. The molecular formula is C8H11NO. The molecule has 0 spiro atoms. The molecule has 0 aromatic rings. The van der Waals surface area contributed by atoms with Crippen LogP contribution in [-0.4, -0.2) is 11.9 Å². The molecule has 0 atom stereocenters. The van der Waals surface area contributed by atoms with E-state index in [4.69, 9.17) is 4.74 Å². The van der Waals surface area contributed by atoms with Crippen molar-refractivity contribution in [2.75, 3.05) is 7.05 Å². The van der Waals surface area contributed by atoms with Gasteiger partial charge in [0.15, 0.2) is 5.88 Å². The predicted octanol–water partition coefficient (Wildman–Crippen LogP) is 1.84. The number of hydrogen-bond acceptors (Lipinski definition) is 2. The zero-order valence-corrected chi connectivity index (χ0v) is 6.35. The zero-order valence-electron chi connectivity index (χ0n) is 6.35. The number of ether oxygens (including phenoxy) is 1. The van der Waals surface area contributed by atoms with Crippen LogP contribution in [0.3, 0.4) is 0 Å². The molecule has 1 aliphatic heterocycles. The Kier molecular flexibility index (Phi) is 1.53. The van der Waals surface area contributed by atoms with Crippen molar-refractivity contribution in [3.8, 4) is 0 Å². The zero-order chi connectivity index (χ0) is 7.72. The summed E-state index contributed by atoms with van der Waals surface area (Å²) in [5.74, 6) is 1.44. The molecule has 1 aliphatic rings. The van der Waals surface area contributed by atoms with E-state index < -0.39 is 0 Å². The normalized spacial score (nSPS) is 22.2. The molecule has 54 valence electrons. The summed E-state index contributed by atoms with van der Waals surface area (Å²) < 4.78 is 5.23. The van der Waals surface area contributed by atoms with Gasteiger partial charge in [-0.05, 0) is 19.6 Å². The summed E-state index contributed by atoms with van der Waals surface area (Å²) in [4.78, 5) is 1.81. The van der Waals surface area contributed by atoms with Crippen molar-refractivity contribution in [1.29, 1.82) is 0 Å². The molecular weight excluding hydrogens is 126 g/mol. The van der Waals surface area contributed by atoms with E-state index in [9.17, 15) is 0 Å². The molecule has 0 aromatic heterocycles. The molecule has 0 unspecified atom stereocenters. The lowest BCUT2D eigenvalue weighted by Gasteiger charge is -2.06. The van der Waals surface area contributed by atoms with Crippen molar-refractivity contribution in [3.05, 3.63) is 36.6 Å². The van der Waals surface area contributed by atoms with Crippen LogP contribution in [-0.2, 0) is 4.74 Å². The average Bonchev–Trinajstić information content (AvgIpc) is 2.17. The highest BCUT2D eigenvalue weighted by atomic mass is 16.5. The minimum absolute atomic E-state index is 0.637. The summed E-state index contributed by atoms with van der Waals surface area (Å²) in [6, 6.07) is 0. The average molecular weight is 137 g/mol. The number of allylic oxidation sites excluding steroid dienone is 1. The van der Waals surface area contributed by atoms with Gasteiger partial charge in [-0.3, -0.25) is 0 Å². The van der Waals surface area contributed by atoms with Crippen LogP contribution in [0.4, 0.5) is 0 Å². The van der Waals surface area contributed by atoms with Gasteiger partial charge in [-0.15, -0.1) is 0 Å². The highest BCUT2D eigenvalue weighted by Crippen LogP contribution is 2.27. The molecule has 0 aliphatic carbocycles. The van der Waals surface area contributed by atoms with Gasteiger partial charge >= 0.3 is 0 Å². The van der Waals surface area contributed by atoms with Crippen molar-refractivity contribution >= 4 is 0 Å². The van der Waals surface area contributed by atoms with Crippen LogP contribution >= 0.6 is 0 Å². The van der Waals surface area contributed by atoms with Crippen LogP contribution < -0.4 is 0 Å². The Morgan fingerprint density at radius 3 is 2.30 bits per heavy atom. The molecule has 1 heterocycles. The first-order chi connectivity index (χ1) is 4.66. The standard InChI is InChI=1S/C8H11NO/c1-5-8-6(2)9(4)7(3)10-8/h5H,2-3H2,1,4H3/b8-5+. The molecule has 0 N–H and O–H groups in total. The van der Waals surface area contributed by atoms with E-state index in [0.717, 1.165) is 11.5 Å². The number of nitrogens with zero attached hydrogens (tertiary/aromatic N) is 1. The van der Waals surface area contributed by atoms with Gasteiger partial charge < -0.3 is 9.64 Å². The van der Waals surface area contributed by atoms with Crippen LogP contribution in [0.5, 0.6) is 0 Å². The fourth-order valence-electron chi connectivity index (χ4n) is 0.796. The molecule has 0 amide bonds. The topological polar surface area (TPSA) is 12.5 Å². The van der Waals surface area contributed by atoms with Crippen molar-refractivity contribution in [1.82, 2.24) is 4.90 Å². The molecule has 0 bridgehead atoms. The van der Waals surface area contributed by atoms with Crippen LogP contribution in [0.25, 0.3) is 0 Å². The molecule has 1 saturated heterocycles. The first-order valence-corrected chi connectivity index (χ1v) is 3.13. The molecule has 2 heteroatoms. The number of hydrogen-bond donors (Lipinski definition) is 0. The van der Waals surface area contributed by atoms with Crippen molar-refractivity contribution < 1.29 is 4.74 Å². The second-order valence-electron chi connectivity index (χ2n) is 2.15. The summed E-state index contributed by atoms with van der Waals surface area (Å²) >= 11 is 0. The minimum atomic E-state index is 0.637. The Morgan fingerprint density at radius 2 is 2.10 bits per heavy atom. The molecule has 1 fully saturated rings.